The van der Waals surface area contributed by atoms with E-state index in [0.717, 1.165) is 28.8 Å². The lowest BCUT2D eigenvalue weighted by atomic mass is 9.83. The molecular formula is C21H25NO2. The van der Waals surface area contributed by atoms with Gasteiger partial charge in [0.05, 0.1) is 5.69 Å². The third-order valence-corrected chi connectivity index (χ3v) is 6.70. The van der Waals surface area contributed by atoms with Gasteiger partial charge in [0.1, 0.15) is 0 Å². The van der Waals surface area contributed by atoms with Gasteiger partial charge in [0.2, 0.25) is 12.3 Å². The largest absolute Gasteiger partial charge is 0.278 e. The number of benzene rings is 1. The van der Waals surface area contributed by atoms with Gasteiger partial charge in [0, 0.05) is 5.92 Å². The minimum Gasteiger partial charge on any atom is -0.278 e. The molecule has 0 aromatic heterocycles. The molecule has 2 bridgehead atoms. The fourth-order valence-corrected chi connectivity index (χ4v) is 5.69. The van der Waals surface area contributed by atoms with E-state index in [-0.39, 0.29) is 11.8 Å². The number of anilines is 1. The summed E-state index contributed by atoms with van der Waals surface area (Å²) in [5.41, 5.74) is 4.23. The minimum absolute atomic E-state index is 0.0179. The minimum atomic E-state index is -0.0622. The van der Waals surface area contributed by atoms with Crippen molar-refractivity contribution in [2.75, 3.05) is 4.90 Å². The molecule has 3 aliphatic carbocycles. The topological polar surface area (TPSA) is 37.4 Å². The smallest absolute Gasteiger partial charge is 0.237 e. The van der Waals surface area contributed by atoms with Crippen LogP contribution in [0.5, 0.6) is 0 Å². The summed E-state index contributed by atoms with van der Waals surface area (Å²) in [5.74, 6) is 1.08. The molecule has 1 spiro atoms. The van der Waals surface area contributed by atoms with Crippen molar-refractivity contribution < 1.29 is 9.59 Å². The maximum atomic E-state index is 13.3. The summed E-state index contributed by atoms with van der Waals surface area (Å²) in [4.78, 5) is 26.6. The number of aryl methyl sites for hydroxylation is 3. The van der Waals surface area contributed by atoms with Crippen LogP contribution in [0.15, 0.2) is 24.3 Å². The lowest BCUT2D eigenvalue weighted by molar-refractivity contribution is -0.126. The Hall–Kier alpha value is -1.90. The number of carbonyl (C=O) groups excluding carboxylic acids is 2. The number of hydrogen-bond donors (Lipinski definition) is 0. The Kier molecular flexibility index (Phi) is 3.28. The maximum absolute atomic E-state index is 13.3. The van der Waals surface area contributed by atoms with E-state index in [4.69, 9.17) is 0 Å². The monoisotopic (exact) mass is 323 g/mol. The van der Waals surface area contributed by atoms with Gasteiger partial charge in [-0.15, -0.1) is 0 Å². The van der Waals surface area contributed by atoms with Crippen molar-refractivity contribution in [3.05, 3.63) is 41.0 Å². The van der Waals surface area contributed by atoms with Crippen LogP contribution in [-0.2, 0) is 9.59 Å². The molecular weight excluding hydrogens is 298 g/mol. The van der Waals surface area contributed by atoms with Gasteiger partial charge in [-0.3, -0.25) is 14.5 Å². The zero-order valence-electron chi connectivity index (χ0n) is 14.9. The van der Waals surface area contributed by atoms with Crippen LogP contribution in [0.3, 0.4) is 0 Å². The average Bonchev–Trinajstić information content (AvgIpc) is 3.17. The first-order chi connectivity index (χ1) is 11.4. The van der Waals surface area contributed by atoms with E-state index in [1.165, 1.54) is 17.7 Å². The molecule has 2 amide bonds. The van der Waals surface area contributed by atoms with E-state index < -0.39 is 0 Å². The molecule has 2 saturated carbocycles. The lowest BCUT2D eigenvalue weighted by Gasteiger charge is -2.29. The number of nitrogens with zero attached hydrogens (tertiary/aromatic N) is 1. The van der Waals surface area contributed by atoms with Crippen LogP contribution in [0, 0.1) is 49.9 Å². The molecule has 4 rings (SSSR count). The summed E-state index contributed by atoms with van der Waals surface area (Å²) < 4.78 is 0. The van der Waals surface area contributed by atoms with Crippen molar-refractivity contribution in [2.24, 2.45) is 29.1 Å². The Balaban J connectivity index is 1.71. The fourth-order valence-electron chi connectivity index (χ4n) is 5.69. The van der Waals surface area contributed by atoms with Crippen molar-refractivity contribution in [3.63, 3.8) is 0 Å². The van der Waals surface area contributed by atoms with Gasteiger partial charge in [-0.2, -0.15) is 0 Å². The van der Waals surface area contributed by atoms with E-state index in [1.807, 2.05) is 32.9 Å². The molecule has 0 heterocycles. The molecule has 3 nitrogen and oxygen atoms in total. The Morgan fingerprint density at radius 2 is 1.71 bits per heavy atom. The predicted molar refractivity (Wildman–Crippen MR) is 94.6 cm³/mol. The van der Waals surface area contributed by atoms with E-state index in [1.54, 1.807) is 0 Å². The maximum Gasteiger partial charge on any atom is 0.237 e. The lowest BCUT2D eigenvalue weighted by Crippen LogP contribution is -2.40. The van der Waals surface area contributed by atoms with Crippen molar-refractivity contribution in [3.8, 4) is 0 Å². The van der Waals surface area contributed by atoms with Crippen LogP contribution in [0.2, 0.25) is 0 Å². The van der Waals surface area contributed by atoms with E-state index in [2.05, 4.69) is 19.1 Å². The molecule has 3 heteroatoms. The summed E-state index contributed by atoms with van der Waals surface area (Å²) in [6.45, 7) is 8.18. The van der Waals surface area contributed by atoms with Crippen molar-refractivity contribution >= 4 is 18.0 Å². The molecule has 3 aliphatic rings. The Bertz CT molecular complexity index is 736. The first-order valence-corrected chi connectivity index (χ1v) is 8.95. The average molecular weight is 323 g/mol. The standard InChI is InChI=1S/C21H25NO2/c1-12-9-13(2)19(14(3)10-12)22(11-23)20(24)18-15(4)16-5-6-17(18)21(16)7-8-21/h5-6,9-11,15-18H,7-8H2,1-4H3/t15-,16-,17-,18+/m1/s1. The number of amides is 2. The normalized spacial score (nSPS) is 31.5. The van der Waals surface area contributed by atoms with Crippen LogP contribution in [0.25, 0.3) is 0 Å². The second kappa shape index (κ2) is 5.05. The van der Waals surface area contributed by atoms with Gasteiger partial charge >= 0.3 is 0 Å². The van der Waals surface area contributed by atoms with Crippen LogP contribution in [0.4, 0.5) is 5.69 Å². The highest BCUT2D eigenvalue weighted by Crippen LogP contribution is 2.72. The first kappa shape index (κ1) is 15.6. The van der Waals surface area contributed by atoms with Gasteiger partial charge in [-0.1, -0.05) is 36.8 Å². The third-order valence-electron chi connectivity index (χ3n) is 6.70. The van der Waals surface area contributed by atoms with E-state index in [9.17, 15) is 9.59 Å². The summed E-state index contributed by atoms with van der Waals surface area (Å²) in [7, 11) is 0. The Labute approximate surface area is 143 Å². The zero-order chi connectivity index (χ0) is 17.2. The number of rotatable bonds is 3. The summed E-state index contributed by atoms with van der Waals surface area (Å²) in [5, 5.41) is 0. The number of carbonyl (C=O) groups is 2. The molecule has 1 aromatic carbocycles. The van der Waals surface area contributed by atoms with Gasteiger partial charge < -0.3 is 0 Å². The second-order valence-corrected chi connectivity index (χ2v) is 8.12. The summed E-state index contributed by atoms with van der Waals surface area (Å²) in [6.07, 6.45) is 7.74. The van der Waals surface area contributed by atoms with E-state index in [0.29, 0.717) is 23.2 Å². The molecule has 1 aromatic rings. The van der Waals surface area contributed by atoms with Crippen molar-refractivity contribution in [1.82, 2.24) is 0 Å². The highest BCUT2D eigenvalue weighted by Gasteiger charge is 2.67. The molecule has 126 valence electrons. The van der Waals surface area contributed by atoms with Gasteiger partial charge in [-0.05, 0) is 67.9 Å². The van der Waals surface area contributed by atoms with Gasteiger partial charge in [0.25, 0.3) is 0 Å². The molecule has 24 heavy (non-hydrogen) atoms. The van der Waals surface area contributed by atoms with Crippen LogP contribution in [-0.4, -0.2) is 12.3 Å². The van der Waals surface area contributed by atoms with Crippen LogP contribution in [0.1, 0.15) is 36.5 Å². The van der Waals surface area contributed by atoms with Crippen molar-refractivity contribution in [1.29, 1.82) is 0 Å². The second-order valence-electron chi connectivity index (χ2n) is 8.12. The number of imide groups is 1. The third kappa shape index (κ3) is 1.90. The summed E-state index contributed by atoms with van der Waals surface area (Å²) in [6, 6.07) is 4.08. The fraction of sp³-hybridized carbons (Fsp3) is 0.524. The molecule has 0 N–H and O–H groups in total. The van der Waals surface area contributed by atoms with Crippen LogP contribution >= 0.6 is 0 Å². The Morgan fingerprint density at radius 1 is 1.12 bits per heavy atom. The molecule has 0 saturated heterocycles. The molecule has 4 atom stereocenters. The molecule has 0 radical (unpaired) electrons. The van der Waals surface area contributed by atoms with Gasteiger partial charge in [-0.25, -0.2) is 0 Å². The zero-order valence-corrected chi connectivity index (χ0v) is 14.9. The van der Waals surface area contributed by atoms with E-state index >= 15 is 0 Å². The van der Waals surface area contributed by atoms with Gasteiger partial charge in [0.15, 0.2) is 0 Å². The predicted octanol–water partition coefficient (Wildman–Crippen LogP) is 3.95. The summed E-state index contributed by atoms with van der Waals surface area (Å²) >= 11 is 0. The van der Waals surface area contributed by atoms with Crippen LogP contribution < -0.4 is 4.90 Å². The SMILES string of the molecule is Cc1cc(C)c(N(C=O)C(=O)[C@H]2[C@H](C)[C@H]3C=C[C@H]2C32CC2)c(C)c1. The first-order valence-electron chi connectivity index (χ1n) is 8.95. The number of allylic oxidation sites excluding steroid dienone is 2. The Morgan fingerprint density at radius 3 is 2.21 bits per heavy atom. The molecule has 0 aliphatic heterocycles. The molecule has 0 unspecified atom stereocenters. The quantitative estimate of drug-likeness (QED) is 0.624. The molecule has 2 fully saturated rings. The van der Waals surface area contributed by atoms with Crippen molar-refractivity contribution in [2.45, 2.75) is 40.5 Å². The highest BCUT2D eigenvalue weighted by molar-refractivity contribution is 6.09. The highest BCUT2D eigenvalue weighted by atomic mass is 16.2. The number of hydrogen-bond acceptors (Lipinski definition) is 2.